The van der Waals surface area contributed by atoms with E-state index >= 15 is 0 Å². The van der Waals surface area contributed by atoms with E-state index in [0.29, 0.717) is 23.5 Å². The van der Waals surface area contributed by atoms with Crippen LogP contribution >= 0.6 is 0 Å². The van der Waals surface area contributed by atoms with Crippen LogP contribution in [0.3, 0.4) is 0 Å². The molecule has 0 bridgehead atoms. The van der Waals surface area contributed by atoms with Crippen molar-refractivity contribution in [2.75, 3.05) is 6.61 Å². The van der Waals surface area contributed by atoms with E-state index in [2.05, 4.69) is 0 Å². The maximum Gasteiger partial charge on any atom is 0.170 e. The highest BCUT2D eigenvalue weighted by molar-refractivity contribution is 5.99. The third-order valence-electron chi connectivity index (χ3n) is 2.90. The Morgan fingerprint density at radius 2 is 1.95 bits per heavy atom. The highest BCUT2D eigenvalue weighted by Gasteiger charge is 2.12. The van der Waals surface area contributed by atoms with Crippen LogP contribution in [0.1, 0.15) is 29.3 Å². The molecule has 0 saturated heterocycles. The van der Waals surface area contributed by atoms with E-state index in [0.717, 1.165) is 6.42 Å². The molecule has 0 saturated carbocycles. The smallest absolute Gasteiger partial charge is 0.170 e. The quantitative estimate of drug-likeness (QED) is 0.742. The molecular weight excluding hydrogens is 255 g/mol. The second-order valence-corrected chi connectivity index (χ2v) is 4.57. The van der Waals surface area contributed by atoms with Crippen LogP contribution in [-0.2, 0) is 6.42 Å². The van der Waals surface area contributed by atoms with Crippen molar-refractivity contribution in [2.24, 2.45) is 0 Å². The summed E-state index contributed by atoms with van der Waals surface area (Å²) in [7, 11) is 0. The van der Waals surface area contributed by atoms with Gasteiger partial charge in [-0.3, -0.25) is 4.79 Å². The van der Waals surface area contributed by atoms with Crippen molar-refractivity contribution in [3.8, 4) is 5.75 Å². The van der Waals surface area contributed by atoms with Crippen LogP contribution in [0.15, 0.2) is 48.5 Å². The molecular formula is C17H17FO2. The average Bonchev–Trinajstić information content (AvgIpc) is 2.45. The zero-order valence-electron chi connectivity index (χ0n) is 11.4. The molecule has 0 aliphatic carbocycles. The molecule has 0 aliphatic rings. The summed E-state index contributed by atoms with van der Waals surface area (Å²) in [5.41, 5.74) is 1.21. The fraction of sp³-hybridized carbons (Fsp3) is 0.235. The van der Waals surface area contributed by atoms with E-state index in [1.54, 1.807) is 30.3 Å². The van der Waals surface area contributed by atoms with E-state index in [-0.39, 0.29) is 18.0 Å². The van der Waals surface area contributed by atoms with Gasteiger partial charge in [0.25, 0.3) is 0 Å². The van der Waals surface area contributed by atoms with Gasteiger partial charge in [-0.15, -0.1) is 0 Å². The average molecular weight is 272 g/mol. The Labute approximate surface area is 118 Å². The normalized spacial score (nSPS) is 10.3. The molecule has 0 radical (unpaired) electrons. The summed E-state index contributed by atoms with van der Waals surface area (Å²) in [5.74, 6) is 0.198. The molecule has 3 heteroatoms. The summed E-state index contributed by atoms with van der Waals surface area (Å²) < 4.78 is 18.7. The van der Waals surface area contributed by atoms with Crippen molar-refractivity contribution in [3.63, 3.8) is 0 Å². The third-order valence-corrected chi connectivity index (χ3v) is 2.90. The molecule has 2 aromatic carbocycles. The molecule has 2 aromatic rings. The monoisotopic (exact) mass is 272 g/mol. The van der Waals surface area contributed by atoms with E-state index in [1.807, 2.05) is 13.0 Å². The number of carbonyl (C=O) groups excluding carboxylic acids is 1. The Morgan fingerprint density at radius 3 is 2.70 bits per heavy atom. The molecule has 0 aliphatic heterocycles. The number of ether oxygens (including phenoxy) is 1. The lowest BCUT2D eigenvalue weighted by atomic mass is 10.0. The highest BCUT2D eigenvalue weighted by atomic mass is 19.1. The van der Waals surface area contributed by atoms with Gasteiger partial charge < -0.3 is 4.74 Å². The summed E-state index contributed by atoms with van der Waals surface area (Å²) in [6, 6.07) is 13.3. The standard InChI is InChI=1S/C17H17FO2/c1-2-10-20-17-9-4-3-8-15(17)16(19)12-13-6-5-7-14(18)11-13/h3-9,11H,2,10,12H2,1H3. The molecule has 0 spiro atoms. The Balaban J connectivity index is 2.16. The van der Waals surface area contributed by atoms with Gasteiger partial charge in [-0.05, 0) is 36.2 Å². The number of hydrogen-bond acceptors (Lipinski definition) is 2. The van der Waals surface area contributed by atoms with E-state index in [4.69, 9.17) is 4.74 Å². The minimum atomic E-state index is -0.328. The first-order valence-electron chi connectivity index (χ1n) is 6.70. The second kappa shape index (κ2) is 6.85. The first kappa shape index (κ1) is 14.3. The first-order chi connectivity index (χ1) is 9.70. The number of halogens is 1. The van der Waals surface area contributed by atoms with Gasteiger partial charge >= 0.3 is 0 Å². The van der Waals surface area contributed by atoms with Gasteiger partial charge in [0, 0.05) is 6.42 Å². The summed E-state index contributed by atoms with van der Waals surface area (Å²) in [5, 5.41) is 0. The third kappa shape index (κ3) is 3.67. The maximum absolute atomic E-state index is 13.1. The van der Waals surface area contributed by atoms with Gasteiger partial charge in [0.15, 0.2) is 5.78 Å². The van der Waals surface area contributed by atoms with Gasteiger partial charge in [-0.2, -0.15) is 0 Å². The SMILES string of the molecule is CCCOc1ccccc1C(=O)Cc1cccc(F)c1. The van der Waals surface area contributed by atoms with Gasteiger partial charge in [0.05, 0.1) is 12.2 Å². The number of hydrogen-bond donors (Lipinski definition) is 0. The van der Waals surface area contributed by atoms with Crippen molar-refractivity contribution in [1.82, 2.24) is 0 Å². The van der Waals surface area contributed by atoms with Crippen LogP contribution in [0, 0.1) is 5.82 Å². The van der Waals surface area contributed by atoms with Gasteiger partial charge in [0.2, 0.25) is 0 Å². The lowest BCUT2D eigenvalue weighted by molar-refractivity contribution is 0.0989. The van der Waals surface area contributed by atoms with E-state index in [1.165, 1.54) is 12.1 Å². The fourth-order valence-electron chi connectivity index (χ4n) is 1.96. The number of benzene rings is 2. The summed E-state index contributed by atoms with van der Waals surface area (Å²) in [6.07, 6.45) is 1.05. The molecule has 2 nitrogen and oxygen atoms in total. The molecule has 0 unspecified atom stereocenters. The van der Waals surface area contributed by atoms with Gasteiger partial charge in [-0.25, -0.2) is 4.39 Å². The second-order valence-electron chi connectivity index (χ2n) is 4.57. The predicted molar refractivity (Wildman–Crippen MR) is 76.7 cm³/mol. The van der Waals surface area contributed by atoms with Gasteiger partial charge in [-0.1, -0.05) is 31.2 Å². The number of Topliss-reactive ketones (excluding diaryl/α,β-unsaturated/α-hetero) is 1. The minimum Gasteiger partial charge on any atom is -0.493 e. The van der Waals surface area contributed by atoms with E-state index in [9.17, 15) is 9.18 Å². The van der Waals surface area contributed by atoms with Gasteiger partial charge in [0.1, 0.15) is 11.6 Å². The first-order valence-corrected chi connectivity index (χ1v) is 6.70. The molecule has 20 heavy (non-hydrogen) atoms. The largest absolute Gasteiger partial charge is 0.493 e. The van der Waals surface area contributed by atoms with E-state index < -0.39 is 0 Å². The van der Waals surface area contributed by atoms with Crippen molar-refractivity contribution in [1.29, 1.82) is 0 Å². The summed E-state index contributed by atoms with van der Waals surface area (Å²) in [4.78, 5) is 12.3. The summed E-state index contributed by atoms with van der Waals surface area (Å²) in [6.45, 7) is 2.58. The molecule has 2 rings (SSSR count). The zero-order chi connectivity index (χ0) is 14.4. The Hall–Kier alpha value is -2.16. The van der Waals surface area contributed by atoms with Crippen LogP contribution in [0.5, 0.6) is 5.75 Å². The fourth-order valence-corrected chi connectivity index (χ4v) is 1.96. The van der Waals surface area contributed by atoms with Crippen molar-refractivity contribution < 1.29 is 13.9 Å². The van der Waals surface area contributed by atoms with Crippen LogP contribution in [0.4, 0.5) is 4.39 Å². The number of para-hydroxylation sites is 1. The lowest BCUT2D eigenvalue weighted by Gasteiger charge is -2.10. The van der Waals surface area contributed by atoms with Crippen LogP contribution in [-0.4, -0.2) is 12.4 Å². The molecule has 104 valence electrons. The highest BCUT2D eigenvalue weighted by Crippen LogP contribution is 2.20. The predicted octanol–water partition coefficient (Wildman–Crippen LogP) is 4.04. The molecule has 0 N–H and O–H groups in total. The number of rotatable bonds is 6. The lowest BCUT2D eigenvalue weighted by Crippen LogP contribution is -2.07. The Bertz CT molecular complexity index is 593. The van der Waals surface area contributed by atoms with Crippen molar-refractivity contribution >= 4 is 5.78 Å². The number of carbonyl (C=O) groups is 1. The zero-order valence-corrected chi connectivity index (χ0v) is 11.4. The molecule has 0 heterocycles. The van der Waals surface area contributed by atoms with Crippen LogP contribution in [0.2, 0.25) is 0 Å². The van der Waals surface area contributed by atoms with Crippen molar-refractivity contribution in [3.05, 3.63) is 65.5 Å². The Kier molecular flexibility index (Phi) is 4.88. The molecule has 0 amide bonds. The minimum absolute atomic E-state index is 0.0673. The molecule has 0 fully saturated rings. The van der Waals surface area contributed by atoms with Crippen molar-refractivity contribution in [2.45, 2.75) is 19.8 Å². The van der Waals surface area contributed by atoms with Crippen LogP contribution in [0.25, 0.3) is 0 Å². The summed E-state index contributed by atoms with van der Waals surface area (Å²) >= 11 is 0. The molecule has 0 aromatic heterocycles. The Morgan fingerprint density at radius 1 is 1.15 bits per heavy atom. The molecule has 0 atom stereocenters. The van der Waals surface area contributed by atoms with Crippen LogP contribution < -0.4 is 4.74 Å². The maximum atomic E-state index is 13.1. The topological polar surface area (TPSA) is 26.3 Å². The number of ketones is 1.